The maximum atomic E-state index is 13.1. The maximum absolute atomic E-state index is 13.1. The van der Waals surface area contributed by atoms with E-state index in [1.807, 2.05) is 0 Å². The number of benzene rings is 2. The van der Waals surface area contributed by atoms with Gasteiger partial charge in [0.2, 0.25) is 6.29 Å². The molecule has 0 saturated heterocycles. The Labute approximate surface area is 118 Å². The van der Waals surface area contributed by atoms with Crippen LogP contribution in [-0.4, -0.2) is 11.4 Å². The van der Waals surface area contributed by atoms with E-state index in [9.17, 15) is 18.3 Å². The van der Waals surface area contributed by atoms with Gasteiger partial charge in [0.1, 0.15) is 5.75 Å². The van der Waals surface area contributed by atoms with Crippen molar-refractivity contribution in [1.29, 1.82) is 0 Å². The molecular weight excluding hydrogens is 285 g/mol. The first-order valence-electron chi connectivity index (χ1n) is 6.24. The molecular formula is C15H11F3O3. The molecule has 110 valence electrons. The largest absolute Gasteiger partial charge is 0.507 e. The minimum absolute atomic E-state index is 0.00947. The first kappa shape index (κ1) is 13.6. The van der Waals surface area contributed by atoms with Crippen LogP contribution in [0.3, 0.4) is 0 Å². The van der Waals surface area contributed by atoms with Crippen molar-refractivity contribution in [1.82, 2.24) is 0 Å². The first-order chi connectivity index (χ1) is 9.88. The monoisotopic (exact) mass is 296 g/mol. The van der Waals surface area contributed by atoms with E-state index in [4.69, 9.17) is 9.47 Å². The fourth-order valence-corrected chi connectivity index (χ4v) is 2.34. The molecule has 3 nitrogen and oxygen atoms in total. The van der Waals surface area contributed by atoms with Crippen LogP contribution in [0.1, 0.15) is 12.5 Å². The van der Waals surface area contributed by atoms with E-state index in [1.165, 1.54) is 30.3 Å². The standard InChI is InChI=1S/C15H11F3O3/c1-8-20-12-7-6-11(19)13(14(12)21-8)9-4-2-3-5-10(9)15(16,17)18/h2-8,19H,1H3. The van der Waals surface area contributed by atoms with Crippen LogP contribution in [0, 0.1) is 0 Å². The SMILES string of the molecule is CC1Oc2ccc(O)c(-c3ccccc3C(F)(F)F)c2O1. The van der Waals surface area contributed by atoms with Gasteiger partial charge < -0.3 is 14.6 Å². The summed E-state index contributed by atoms with van der Waals surface area (Å²) in [5.41, 5.74) is -0.987. The summed E-state index contributed by atoms with van der Waals surface area (Å²) >= 11 is 0. The maximum Gasteiger partial charge on any atom is 0.417 e. The molecule has 0 saturated carbocycles. The summed E-state index contributed by atoms with van der Waals surface area (Å²) in [6.45, 7) is 1.62. The van der Waals surface area contributed by atoms with Gasteiger partial charge in [-0.05, 0) is 18.2 Å². The van der Waals surface area contributed by atoms with Gasteiger partial charge in [0, 0.05) is 12.5 Å². The molecule has 0 fully saturated rings. The van der Waals surface area contributed by atoms with Crippen molar-refractivity contribution in [3.05, 3.63) is 42.0 Å². The molecule has 1 heterocycles. The lowest BCUT2D eigenvalue weighted by atomic mass is 9.97. The Morgan fingerprint density at radius 2 is 1.76 bits per heavy atom. The zero-order valence-electron chi connectivity index (χ0n) is 10.9. The lowest BCUT2D eigenvalue weighted by molar-refractivity contribution is -0.137. The second-order valence-electron chi connectivity index (χ2n) is 4.63. The zero-order chi connectivity index (χ0) is 15.2. The van der Waals surface area contributed by atoms with Crippen LogP contribution in [0.4, 0.5) is 13.2 Å². The van der Waals surface area contributed by atoms with Crippen molar-refractivity contribution in [3.63, 3.8) is 0 Å². The predicted octanol–water partition coefficient (Wildman–Crippen LogP) is 4.20. The van der Waals surface area contributed by atoms with Crippen molar-refractivity contribution >= 4 is 0 Å². The van der Waals surface area contributed by atoms with Gasteiger partial charge in [-0.15, -0.1) is 0 Å². The van der Waals surface area contributed by atoms with Gasteiger partial charge >= 0.3 is 6.18 Å². The summed E-state index contributed by atoms with van der Waals surface area (Å²) in [5, 5.41) is 10.0. The lowest BCUT2D eigenvalue weighted by Crippen LogP contribution is -2.11. The molecule has 2 aromatic rings. The average molecular weight is 296 g/mol. The Bertz CT molecular complexity index is 695. The van der Waals surface area contributed by atoms with E-state index in [2.05, 4.69) is 0 Å². The number of phenolic OH excluding ortho intramolecular Hbond substituents is 1. The van der Waals surface area contributed by atoms with Crippen molar-refractivity contribution in [2.45, 2.75) is 19.4 Å². The Hall–Kier alpha value is -2.37. The first-order valence-corrected chi connectivity index (χ1v) is 6.24. The van der Waals surface area contributed by atoms with E-state index in [1.54, 1.807) is 6.92 Å². The minimum atomic E-state index is -4.53. The number of hydrogen-bond acceptors (Lipinski definition) is 3. The molecule has 0 bridgehead atoms. The number of rotatable bonds is 1. The van der Waals surface area contributed by atoms with Crippen LogP contribution in [0.5, 0.6) is 17.2 Å². The van der Waals surface area contributed by atoms with Crippen LogP contribution in [-0.2, 0) is 6.18 Å². The molecule has 1 N–H and O–H groups in total. The van der Waals surface area contributed by atoms with Crippen LogP contribution < -0.4 is 9.47 Å². The molecule has 1 aliphatic heterocycles. The third-order valence-electron chi connectivity index (χ3n) is 3.18. The summed E-state index contributed by atoms with van der Waals surface area (Å²) in [6.07, 6.45) is -5.14. The van der Waals surface area contributed by atoms with Gasteiger partial charge in [-0.3, -0.25) is 0 Å². The van der Waals surface area contributed by atoms with Gasteiger partial charge in [-0.1, -0.05) is 18.2 Å². The highest BCUT2D eigenvalue weighted by Crippen LogP contribution is 2.50. The van der Waals surface area contributed by atoms with Gasteiger partial charge in [-0.25, -0.2) is 0 Å². The molecule has 1 aliphatic rings. The number of alkyl halides is 3. The number of hydrogen-bond donors (Lipinski definition) is 1. The van der Waals surface area contributed by atoms with E-state index in [0.29, 0.717) is 5.75 Å². The third kappa shape index (κ3) is 2.26. The van der Waals surface area contributed by atoms with Crippen molar-refractivity contribution in [2.24, 2.45) is 0 Å². The predicted molar refractivity (Wildman–Crippen MR) is 69.3 cm³/mol. The van der Waals surface area contributed by atoms with E-state index in [-0.39, 0.29) is 22.6 Å². The Morgan fingerprint density at radius 1 is 1.05 bits per heavy atom. The molecule has 1 unspecified atom stereocenters. The molecule has 3 rings (SSSR count). The fraction of sp³-hybridized carbons (Fsp3) is 0.200. The summed E-state index contributed by atoms with van der Waals surface area (Å²) in [5.74, 6) is 0.148. The molecule has 21 heavy (non-hydrogen) atoms. The molecule has 0 amide bonds. The Kier molecular flexibility index (Phi) is 2.97. The number of phenols is 1. The molecule has 0 radical (unpaired) electrons. The normalized spacial score (nSPS) is 17.0. The van der Waals surface area contributed by atoms with Gasteiger partial charge in [-0.2, -0.15) is 13.2 Å². The highest BCUT2D eigenvalue weighted by Gasteiger charge is 2.36. The van der Waals surface area contributed by atoms with Crippen LogP contribution in [0.2, 0.25) is 0 Å². The van der Waals surface area contributed by atoms with Gasteiger partial charge in [0.25, 0.3) is 0 Å². The minimum Gasteiger partial charge on any atom is -0.507 e. The average Bonchev–Trinajstić information content (AvgIpc) is 2.78. The summed E-state index contributed by atoms with van der Waals surface area (Å²) in [4.78, 5) is 0. The van der Waals surface area contributed by atoms with Crippen LogP contribution in [0.25, 0.3) is 11.1 Å². The molecule has 0 spiro atoms. The second kappa shape index (κ2) is 4.58. The topological polar surface area (TPSA) is 38.7 Å². The second-order valence-corrected chi connectivity index (χ2v) is 4.63. The third-order valence-corrected chi connectivity index (χ3v) is 3.18. The number of ether oxygens (including phenoxy) is 2. The molecule has 6 heteroatoms. The zero-order valence-corrected chi connectivity index (χ0v) is 10.9. The smallest absolute Gasteiger partial charge is 0.417 e. The number of fused-ring (bicyclic) bond motifs is 1. The number of aromatic hydroxyl groups is 1. The quantitative estimate of drug-likeness (QED) is 0.857. The highest BCUT2D eigenvalue weighted by atomic mass is 19.4. The van der Waals surface area contributed by atoms with E-state index >= 15 is 0 Å². The molecule has 1 atom stereocenters. The Balaban J connectivity index is 2.26. The summed E-state index contributed by atoms with van der Waals surface area (Å²) in [6, 6.07) is 7.80. The molecule has 2 aromatic carbocycles. The summed E-state index contributed by atoms with van der Waals surface area (Å²) in [7, 11) is 0. The molecule has 0 aliphatic carbocycles. The van der Waals surface area contributed by atoms with Crippen molar-refractivity contribution < 1.29 is 27.8 Å². The van der Waals surface area contributed by atoms with Gasteiger partial charge in [0.05, 0.1) is 11.1 Å². The van der Waals surface area contributed by atoms with Crippen LogP contribution in [0.15, 0.2) is 36.4 Å². The number of halogens is 3. The Morgan fingerprint density at radius 3 is 2.48 bits per heavy atom. The highest BCUT2D eigenvalue weighted by molar-refractivity contribution is 5.82. The lowest BCUT2D eigenvalue weighted by Gasteiger charge is -2.15. The summed E-state index contributed by atoms with van der Waals surface area (Å²) < 4.78 is 50.1. The van der Waals surface area contributed by atoms with Gasteiger partial charge in [0.15, 0.2) is 11.5 Å². The molecule has 0 aromatic heterocycles. The van der Waals surface area contributed by atoms with Crippen LogP contribution >= 0.6 is 0 Å². The fourth-order valence-electron chi connectivity index (χ4n) is 2.34. The van der Waals surface area contributed by atoms with Crippen molar-refractivity contribution in [2.75, 3.05) is 0 Å². The van der Waals surface area contributed by atoms with Crippen molar-refractivity contribution in [3.8, 4) is 28.4 Å². The van der Waals surface area contributed by atoms with E-state index in [0.717, 1.165) is 6.07 Å². The van der Waals surface area contributed by atoms with E-state index < -0.39 is 18.0 Å².